The summed E-state index contributed by atoms with van der Waals surface area (Å²) in [4.78, 5) is 15.5. The number of sulfonamides is 1. The number of fused-ring (bicyclic) bond motifs is 1. The summed E-state index contributed by atoms with van der Waals surface area (Å²) in [5, 5.41) is 8.26. The lowest BCUT2D eigenvalue weighted by molar-refractivity contribution is 0.0927. The van der Waals surface area contributed by atoms with Crippen LogP contribution in [0.15, 0.2) is 51.9 Å². The van der Waals surface area contributed by atoms with Crippen LogP contribution in [0.4, 0.5) is 0 Å². The van der Waals surface area contributed by atoms with E-state index < -0.39 is 10.0 Å². The van der Waals surface area contributed by atoms with Gasteiger partial charge in [-0.3, -0.25) is 9.69 Å². The van der Waals surface area contributed by atoms with Gasteiger partial charge in [-0.2, -0.15) is 4.31 Å². The van der Waals surface area contributed by atoms with Crippen LogP contribution in [0.5, 0.6) is 0 Å². The molecule has 2 aromatic carbocycles. The van der Waals surface area contributed by atoms with Crippen LogP contribution in [0, 0.1) is 6.92 Å². The molecule has 3 aromatic rings. The third-order valence-corrected chi connectivity index (χ3v) is 9.28. The minimum absolute atomic E-state index is 0.0413. The first-order valence-corrected chi connectivity index (χ1v) is 13.9. The average molecular weight is 549 g/mol. The number of hydrogen-bond acceptors (Lipinski definition) is 6. The quantitative estimate of drug-likeness (QED) is 0.499. The number of aryl methyl sites for hydroxylation is 1. The van der Waals surface area contributed by atoms with E-state index in [4.69, 9.17) is 27.7 Å². The van der Waals surface area contributed by atoms with Gasteiger partial charge in [-0.15, -0.1) is 0 Å². The van der Waals surface area contributed by atoms with Crippen LogP contribution < -0.4 is 5.32 Å². The van der Waals surface area contributed by atoms with E-state index in [1.54, 1.807) is 24.3 Å². The molecule has 0 saturated carbocycles. The molecule has 190 valence electrons. The molecule has 0 bridgehead atoms. The summed E-state index contributed by atoms with van der Waals surface area (Å²) in [6, 6.07) is 12.1. The topological polar surface area (TPSA) is 95.8 Å². The summed E-state index contributed by atoms with van der Waals surface area (Å²) in [5.74, 6) is 0.189. The van der Waals surface area contributed by atoms with Gasteiger partial charge in [0.1, 0.15) is 5.76 Å². The Morgan fingerprint density at radius 2 is 1.86 bits per heavy atom. The van der Waals surface area contributed by atoms with Gasteiger partial charge in [-0.25, -0.2) is 8.42 Å². The number of carbonyl (C=O) groups is 1. The number of hydrogen-bond donors (Lipinski definition) is 1. The zero-order valence-electron chi connectivity index (χ0n) is 19.7. The number of carbonyl (C=O) groups excluding carboxylic acids is 1. The van der Waals surface area contributed by atoms with Crippen LogP contribution in [0.25, 0.3) is 0 Å². The van der Waals surface area contributed by atoms with E-state index in [2.05, 4.69) is 15.4 Å². The Kier molecular flexibility index (Phi) is 7.11. The Hall–Kier alpha value is -2.43. The Balaban J connectivity index is 1.25. The molecule has 1 N–H and O–H groups in total. The Bertz CT molecular complexity index is 1370. The summed E-state index contributed by atoms with van der Waals surface area (Å²) >= 11 is 12.6. The van der Waals surface area contributed by atoms with Crippen LogP contribution in [-0.4, -0.2) is 54.4 Å². The number of nitrogens with one attached hydrogen (secondary N) is 1. The summed E-state index contributed by atoms with van der Waals surface area (Å²) in [7, 11) is -3.70. The second-order valence-electron chi connectivity index (χ2n) is 9.23. The predicted octanol–water partition coefficient (Wildman–Crippen LogP) is 4.04. The lowest BCUT2D eigenvalue weighted by Crippen LogP contribution is -2.39. The number of likely N-dealkylation sites (tertiary alicyclic amines) is 1. The van der Waals surface area contributed by atoms with Gasteiger partial charge in [0.25, 0.3) is 5.91 Å². The minimum atomic E-state index is -3.70. The molecule has 1 aromatic heterocycles. The number of halogens is 2. The maximum Gasteiger partial charge on any atom is 0.274 e. The molecule has 1 amide bonds. The Labute approximate surface area is 220 Å². The molecule has 2 aliphatic rings. The molecule has 1 atom stereocenters. The largest absolute Gasteiger partial charge is 0.360 e. The molecule has 0 radical (unpaired) electrons. The van der Waals surface area contributed by atoms with Crippen LogP contribution in [0.2, 0.25) is 10.0 Å². The first-order chi connectivity index (χ1) is 17.2. The van der Waals surface area contributed by atoms with Crippen LogP contribution >= 0.6 is 23.2 Å². The minimum Gasteiger partial charge on any atom is -0.360 e. The summed E-state index contributed by atoms with van der Waals surface area (Å²) in [6.45, 7) is 4.23. The second-order valence-corrected chi connectivity index (χ2v) is 12.0. The highest BCUT2D eigenvalue weighted by Crippen LogP contribution is 2.29. The third kappa shape index (κ3) is 5.03. The van der Waals surface area contributed by atoms with E-state index in [9.17, 15) is 13.2 Å². The maximum atomic E-state index is 13.2. The molecule has 2 aliphatic heterocycles. The van der Waals surface area contributed by atoms with Gasteiger partial charge in [0.15, 0.2) is 5.69 Å². The van der Waals surface area contributed by atoms with Crippen LogP contribution in [0.3, 0.4) is 0 Å². The summed E-state index contributed by atoms with van der Waals surface area (Å²) < 4.78 is 33.1. The highest BCUT2D eigenvalue weighted by Gasteiger charge is 2.35. The van der Waals surface area contributed by atoms with Crippen molar-refractivity contribution in [2.45, 2.75) is 43.8 Å². The molecule has 1 saturated heterocycles. The van der Waals surface area contributed by atoms with Crippen molar-refractivity contribution < 1.29 is 17.7 Å². The smallest absolute Gasteiger partial charge is 0.274 e. The van der Waals surface area contributed by atoms with E-state index in [1.165, 1.54) is 4.31 Å². The highest BCUT2D eigenvalue weighted by atomic mass is 35.5. The Morgan fingerprint density at radius 1 is 1.14 bits per heavy atom. The van der Waals surface area contributed by atoms with Crippen molar-refractivity contribution in [3.8, 4) is 0 Å². The number of aromatic nitrogens is 1. The molecule has 5 rings (SSSR count). The van der Waals surface area contributed by atoms with Crippen molar-refractivity contribution >= 4 is 39.1 Å². The lowest BCUT2D eigenvalue weighted by atomic mass is 10.1. The molecule has 1 unspecified atom stereocenters. The second kappa shape index (κ2) is 10.1. The molecule has 1 fully saturated rings. The normalized spacial score (nSPS) is 18.8. The van der Waals surface area contributed by atoms with Crippen molar-refractivity contribution in [3.63, 3.8) is 0 Å². The molecule has 11 heteroatoms. The number of rotatable bonds is 6. The lowest BCUT2D eigenvalue weighted by Gasteiger charge is -2.25. The fourth-order valence-corrected chi connectivity index (χ4v) is 6.61. The van der Waals surface area contributed by atoms with Crippen molar-refractivity contribution in [1.29, 1.82) is 0 Å². The average Bonchev–Trinajstić information content (AvgIpc) is 3.48. The zero-order chi connectivity index (χ0) is 25.4. The molecular weight excluding hydrogens is 523 g/mol. The van der Waals surface area contributed by atoms with Gasteiger partial charge < -0.3 is 9.84 Å². The molecule has 8 nitrogen and oxygen atoms in total. The monoisotopic (exact) mass is 548 g/mol. The van der Waals surface area contributed by atoms with Gasteiger partial charge in [-0.1, -0.05) is 52.1 Å². The van der Waals surface area contributed by atoms with Crippen molar-refractivity contribution in [1.82, 2.24) is 19.7 Å². The summed E-state index contributed by atoms with van der Waals surface area (Å²) in [6.07, 6.45) is 1.12. The van der Waals surface area contributed by atoms with E-state index >= 15 is 0 Å². The van der Waals surface area contributed by atoms with Crippen LogP contribution in [-0.2, 0) is 29.5 Å². The van der Waals surface area contributed by atoms with Gasteiger partial charge in [0.2, 0.25) is 10.0 Å². The maximum absolute atomic E-state index is 13.2. The first kappa shape index (κ1) is 25.2. The fourth-order valence-electron chi connectivity index (χ4n) is 4.68. The third-order valence-electron chi connectivity index (χ3n) is 6.72. The highest BCUT2D eigenvalue weighted by molar-refractivity contribution is 7.89. The molecular formula is C25H26Cl2N4O4S. The summed E-state index contributed by atoms with van der Waals surface area (Å²) in [5.41, 5.74) is 2.51. The van der Waals surface area contributed by atoms with E-state index in [0.29, 0.717) is 40.9 Å². The number of nitrogens with zero attached hydrogens (tertiary/aromatic N) is 3. The van der Waals surface area contributed by atoms with Gasteiger partial charge >= 0.3 is 0 Å². The van der Waals surface area contributed by atoms with Gasteiger partial charge in [0, 0.05) is 66.4 Å². The standard InChI is InChI=1S/C25H26Cl2N4O4S/c1-16-5-7-18(8-6-16)36(33,34)31-12-10-23-20(15-31)24(29-35-23)25(32)28-17-9-11-30(13-17)14-19-21(26)3-2-4-22(19)27/h2-8,17H,9-15H2,1H3,(H,28,32). The van der Waals surface area contributed by atoms with E-state index in [1.807, 2.05) is 25.1 Å². The van der Waals surface area contributed by atoms with Crippen LogP contribution in [0.1, 0.15) is 39.4 Å². The molecule has 0 spiro atoms. The molecule has 0 aliphatic carbocycles. The van der Waals surface area contributed by atoms with Crippen molar-refractivity contribution in [3.05, 3.63) is 80.7 Å². The Morgan fingerprint density at radius 3 is 2.58 bits per heavy atom. The number of amides is 1. The van der Waals surface area contributed by atoms with Gasteiger partial charge in [-0.05, 0) is 37.6 Å². The predicted molar refractivity (Wildman–Crippen MR) is 137 cm³/mol. The van der Waals surface area contributed by atoms with E-state index in [-0.39, 0.29) is 35.6 Å². The van der Waals surface area contributed by atoms with Crippen molar-refractivity contribution in [2.75, 3.05) is 19.6 Å². The molecule has 36 heavy (non-hydrogen) atoms. The molecule has 3 heterocycles. The number of benzene rings is 2. The first-order valence-electron chi connectivity index (χ1n) is 11.7. The fraction of sp³-hybridized carbons (Fsp3) is 0.360. The SMILES string of the molecule is Cc1ccc(S(=O)(=O)N2CCc3onc(C(=O)NC4CCN(Cc5c(Cl)cccc5Cl)C4)c3C2)cc1. The van der Waals surface area contributed by atoms with Gasteiger partial charge in [0.05, 0.1) is 4.90 Å². The van der Waals surface area contributed by atoms with E-state index in [0.717, 1.165) is 24.1 Å². The zero-order valence-corrected chi connectivity index (χ0v) is 22.0. The van der Waals surface area contributed by atoms with Crippen molar-refractivity contribution in [2.24, 2.45) is 0 Å².